The van der Waals surface area contributed by atoms with Gasteiger partial charge in [0, 0.05) is 43.0 Å². The summed E-state index contributed by atoms with van der Waals surface area (Å²) in [6, 6.07) is 38.8. The maximum absolute atomic E-state index is 6.31. The molecule has 0 aliphatic carbocycles. The fourth-order valence-corrected chi connectivity index (χ4v) is 6.29. The van der Waals surface area contributed by atoms with Gasteiger partial charge in [-0.2, -0.15) is 0 Å². The lowest BCUT2D eigenvalue weighted by Gasteiger charge is -2.15. The highest BCUT2D eigenvalue weighted by molar-refractivity contribution is 6.32. The van der Waals surface area contributed by atoms with Crippen LogP contribution in [0.3, 0.4) is 0 Å². The molecule has 7 nitrogen and oxygen atoms in total. The first-order valence-electron chi connectivity index (χ1n) is 15.5. The third-order valence-electron chi connectivity index (χ3n) is 8.37. The molecule has 0 radical (unpaired) electrons. The number of methoxy groups -OCH3 is 2. The first-order chi connectivity index (χ1) is 23.9. The van der Waals surface area contributed by atoms with Gasteiger partial charge in [0.05, 0.1) is 47.7 Å². The van der Waals surface area contributed by atoms with Crippen molar-refractivity contribution in [3.8, 4) is 23.0 Å². The third kappa shape index (κ3) is 6.06. The lowest BCUT2D eigenvalue weighted by molar-refractivity contribution is 0.415. The van der Waals surface area contributed by atoms with Gasteiger partial charge in [-0.25, -0.2) is 9.97 Å². The van der Waals surface area contributed by atoms with E-state index in [1.54, 1.807) is 14.2 Å². The van der Waals surface area contributed by atoms with E-state index in [1.165, 1.54) is 0 Å². The van der Waals surface area contributed by atoms with Crippen LogP contribution in [0.25, 0.3) is 43.6 Å². The number of hydrogen-bond donors (Lipinski definition) is 2. The second kappa shape index (κ2) is 12.7. The molecule has 0 aliphatic heterocycles. The van der Waals surface area contributed by atoms with Crippen LogP contribution in [0.2, 0.25) is 10.0 Å². The average molecular weight is 684 g/mol. The molecular weight excluding hydrogens is 655 g/mol. The fraction of sp³-hybridized carbons (Fsp3) is 0.0500. The van der Waals surface area contributed by atoms with Crippen LogP contribution in [0.5, 0.6) is 23.0 Å². The van der Waals surface area contributed by atoms with Crippen LogP contribution in [0.1, 0.15) is 0 Å². The SMILES string of the molecule is COc1ccc2nc3cc(Cl)ccc3c(Nc3ccc(Oc4ccc(Nc5c6ccc(Cl)cc6nc6ccc(OC)cc56)cc4)cc3)c2c1. The second-order valence-corrected chi connectivity index (χ2v) is 12.3. The van der Waals surface area contributed by atoms with Gasteiger partial charge in [-0.1, -0.05) is 23.2 Å². The highest BCUT2D eigenvalue weighted by Crippen LogP contribution is 2.38. The highest BCUT2D eigenvalue weighted by atomic mass is 35.5. The fourth-order valence-electron chi connectivity index (χ4n) is 5.95. The largest absolute Gasteiger partial charge is 0.497 e. The molecule has 0 amide bonds. The summed E-state index contributed by atoms with van der Waals surface area (Å²) >= 11 is 12.6. The van der Waals surface area contributed by atoms with E-state index in [2.05, 4.69) is 10.6 Å². The maximum atomic E-state index is 6.31. The molecule has 2 heterocycles. The maximum Gasteiger partial charge on any atom is 0.127 e. The lowest BCUT2D eigenvalue weighted by Crippen LogP contribution is -1.97. The molecule has 2 N–H and O–H groups in total. The van der Waals surface area contributed by atoms with Crippen molar-refractivity contribution in [1.29, 1.82) is 0 Å². The van der Waals surface area contributed by atoms with Gasteiger partial charge < -0.3 is 24.8 Å². The van der Waals surface area contributed by atoms with Crippen LogP contribution in [-0.2, 0) is 0 Å². The number of fused-ring (bicyclic) bond motifs is 4. The number of anilines is 4. The number of benzene rings is 6. The van der Waals surface area contributed by atoms with Crippen LogP contribution in [-0.4, -0.2) is 24.2 Å². The second-order valence-electron chi connectivity index (χ2n) is 11.5. The molecule has 8 rings (SSSR count). The molecule has 2 aromatic heterocycles. The first-order valence-corrected chi connectivity index (χ1v) is 16.3. The summed E-state index contributed by atoms with van der Waals surface area (Å²) in [7, 11) is 3.31. The van der Waals surface area contributed by atoms with Crippen LogP contribution in [0.4, 0.5) is 22.7 Å². The van der Waals surface area contributed by atoms with Crippen molar-refractivity contribution in [3.05, 3.63) is 131 Å². The van der Waals surface area contributed by atoms with Crippen LogP contribution >= 0.6 is 23.2 Å². The number of rotatable bonds is 8. The normalized spacial score (nSPS) is 11.3. The molecule has 0 aliphatic rings. The molecule has 49 heavy (non-hydrogen) atoms. The first kappa shape index (κ1) is 30.6. The van der Waals surface area contributed by atoms with E-state index >= 15 is 0 Å². The summed E-state index contributed by atoms with van der Waals surface area (Å²) < 4.78 is 17.2. The van der Waals surface area contributed by atoms with E-state index < -0.39 is 0 Å². The Morgan fingerprint density at radius 1 is 0.429 bits per heavy atom. The van der Waals surface area contributed by atoms with Gasteiger partial charge in [0.15, 0.2) is 0 Å². The zero-order chi connectivity index (χ0) is 33.5. The van der Waals surface area contributed by atoms with Gasteiger partial charge in [0.25, 0.3) is 0 Å². The van der Waals surface area contributed by atoms with E-state index in [-0.39, 0.29) is 0 Å². The van der Waals surface area contributed by atoms with Gasteiger partial charge in [-0.05, 0) is 121 Å². The molecule has 0 spiro atoms. The topological polar surface area (TPSA) is 77.5 Å². The summed E-state index contributed by atoms with van der Waals surface area (Å²) in [5.41, 5.74) is 6.92. The minimum atomic E-state index is 0.634. The molecule has 0 fully saturated rings. The molecule has 8 aromatic rings. The summed E-state index contributed by atoms with van der Waals surface area (Å²) in [5.74, 6) is 2.92. The summed E-state index contributed by atoms with van der Waals surface area (Å²) in [5, 5.41) is 12.3. The number of aromatic nitrogens is 2. The van der Waals surface area contributed by atoms with Gasteiger partial charge in [-0.15, -0.1) is 0 Å². The number of hydrogen-bond acceptors (Lipinski definition) is 7. The van der Waals surface area contributed by atoms with Crippen LogP contribution < -0.4 is 24.8 Å². The van der Waals surface area contributed by atoms with Crippen molar-refractivity contribution in [2.24, 2.45) is 0 Å². The Kier molecular flexibility index (Phi) is 7.92. The van der Waals surface area contributed by atoms with Crippen LogP contribution in [0.15, 0.2) is 121 Å². The van der Waals surface area contributed by atoms with Crippen molar-refractivity contribution in [2.75, 3.05) is 24.9 Å². The van der Waals surface area contributed by atoms with Gasteiger partial charge in [0.2, 0.25) is 0 Å². The van der Waals surface area contributed by atoms with E-state index in [0.29, 0.717) is 21.5 Å². The zero-order valence-corrected chi connectivity index (χ0v) is 27.9. The molecule has 6 aromatic carbocycles. The number of ether oxygens (including phenoxy) is 3. The van der Waals surface area contributed by atoms with E-state index in [4.69, 9.17) is 47.4 Å². The average Bonchev–Trinajstić information content (AvgIpc) is 3.12. The predicted molar refractivity (Wildman–Crippen MR) is 201 cm³/mol. The van der Waals surface area contributed by atoms with Gasteiger partial charge in [-0.3, -0.25) is 0 Å². The van der Waals surface area contributed by atoms with Crippen molar-refractivity contribution >= 4 is 89.6 Å². The van der Waals surface area contributed by atoms with Crippen molar-refractivity contribution in [1.82, 2.24) is 9.97 Å². The minimum Gasteiger partial charge on any atom is -0.497 e. The Labute approximate surface area is 292 Å². The van der Waals surface area contributed by atoms with Crippen molar-refractivity contribution < 1.29 is 14.2 Å². The van der Waals surface area contributed by atoms with Gasteiger partial charge in [0.1, 0.15) is 23.0 Å². The van der Waals surface area contributed by atoms with Crippen molar-refractivity contribution in [2.45, 2.75) is 0 Å². The number of halogens is 2. The summed E-state index contributed by atoms with van der Waals surface area (Å²) in [4.78, 5) is 9.65. The quantitative estimate of drug-likeness (QED) is 0.154. The van der Waals surface area contributed by atoms with E-state index in [0.717, 1.165) is 77.9 Å². The molecule has 0 unspecified atom stereocenters. The van der Waals surface area contributed by atoms with Crippen molar-refractivity contribution in [3.63, 3.8) is 0 Å². The Bertz CT molecular complexity index is 2350. The van der Waals surface area contributed by atoms with E-state index in [1.807, 2.05) is 121 Å². The Morgan fingerprint density at radius 3 is 1.24 bits per heavy atom. The Balaban J connectivity index is 1.04. The smallest absolute Gasteiger partial charge is 0.127 e. The number of nitrogens with one attached hydrogen (secondary N) is 2. The number of pyridine rings is 2. The molecular formula is C40H28Cl2N4O3. The molecule has 9 heteroatoms. The molecule has 0 bridgehead atoms. The van der Waals surface area contributed by atoms with Gasteiger partial charge >= 0.3 is 0 Å². The standard InChI is InChI=1S/C40H28Cl2N4O3/c1-47-29-13-17-35-33(21-29)39(31-15-3-23(41)19-37(31)45-35)43-25-5-9-27(10-6-25)49-28-11-7-26(8-12-28)44-40-32-16-4-24(42)20-38(32)46-36-18-14-30(48-2)22-34(36)40/h3-22H,1-2H3,(H,43,45)(H,44,46). The van der Waals surface area contributed by atoms with E-state index in [9.17, 15) is 0 Å². The third-order valence-corrected chi connectivity index (χ3v) is 8.84. The van der Waals surface area contributed by atoms with Crippen LogP contribution in [0, 0.1) is 0 Å². The summed E-state index contributed by atoms with van der Waals surface area (Å²) in [6.45, 7) is 0. The lowest BCUT2D eigenvalue weighted by atomic mass is 10.1. The number of nitrogens with zero attached hydrogens (tertiary/aromatic N) is 2. The minimum absolute atomic E-state index is 0.634. The molecule has 0 atom stereocenters. The molecule has 240 valence electrons. The zero-order valence-electron chi connectivity index (χ0n) is 26.4. The highest BCUT2D eigenvalue weighted by Gasteiger charge is 2.14. The summed E-state index contributed by atoms with van der Waals surface area (Å²) in [6.07, 6.45) is 0. The Hall–Kier alpha value is -5.76. The Morgan fingerprint density at radius 2 is 0.837 bits per heavy atom. The molecule has 0 saturated carbocycles. The molecule has 0 saturated heterocycles. The monoisotopic (exact) mass is 682 g/mol. The predicted octanol–water partition coefficient (Wildman–Crippen LogP) is 11.7.